The number of hydrogen-bond donors (Lipinski definition) is 2. The lowest BCUT2D eigenvalue weighted by Crippen LogP contribution is -2.63. The Morgan fingerprint density at radius 2 is 1.65 bits per heavy atom. The van der Waals surface area contributed by atoms with E-state index < -0.39 is 16.6 Å². The molecule has 0 amide bonds. The molecule has 1 saturated heterocycles. The average Bonchev–Trinajstić information content (AvgIpc) is 3.22. The summed E-state index contributed by atoms with van der Waals surface area (Å²) in [6.07, 6.45) is 4.32. The van der Waals surface area contributed by atoms with Crippen molar-refractivity contribution in [2.24, 2.45) is 10.8 Å². The number of rotatable bonds is 6. The van der Waals surface area contributed by atoms with E-state index in [4.69, 9.17) is 4.52 Å². The van der Waals surface area contributed by atoms with Gasteiger partial charge >= 0.3 is 0 Å². The van der Waals surface area contributed by atoms with Crippen LogP contribution in [0.3, 0.4) is 0 Å². The predicted molar refractivity (Wildman–Crippen MR) is 131 cm³/mol. The summed E-state index contributed by atoms with van der Waals surface area (Å²) >= 11 is 0. The predicted octanol–water partition coefficient (Wildman–Crippen LogP) is 4.14. The molecule has 1 fully saturated rings. The first-order chi connectivity index (χ1) is 15.7. The molecular weight excluding hydrogens is 428 g/mol. The molecule has 1 atom stereocenters. The molecule has 182 valence electrons. The first kappa shape index (κ1) is 24.5. The topological polar surface area (TPSA) is 95.5 Å². The Morgan fingerprint density at radius 3 is 2.18 bits per heavy atom. The first-order valence-corrected chi connectivity index (χ1v) is 11.7. The van der Waals surface area contributed by atoms with Crippen molar-refractivity contribution in [3.8, 4) is 11.4 Å². The molecule has 0 spiro atoms. The van der Waals surface area contributed by atoms with Gasteiger partial charge in [0.1, 0.15) is 11.2 Å². The van der Waals surface area contributed by atoms with Crippen molar-refractivity contribution < 1.29 is 14.7 Å². The lowest BCUT2D eigenvalue weighted by molar-refractivity contribution is -0.127. The van der Waals surface area contributed by atoms with E-state index in [1.54, 1.807) is 26.2 Å². The van der Waals surface area contributed by atoms with Crippen LogP contribution in [0.1, 0.15) is 64.1 Å². The summed E-state index contributed by atoms with van der Waals surface area (Å²) in [5.74, 6) is 0.454. The van der Waals surface area contributed by atoms with Gasteiger partial charge in [-0.3, -0.25) is 4.98 Å². The Balaban J connectivity index is 1.77. The fourth-order valence-electron chi connectivity index (χ4n) is 5.06. The summed E-state index contributed by atoms with van der Waals surface area (Å²) in [7, 11) is 2.06. The maximum absolute atomic E-state index is 12.4. The zero-order valence-corrected chi connectivity index (χ0v) is 21.3. The monoisotopic (exact) mass is 464 g/mol. The van der Waals surface area contributed by atoms with Crippen molar-refractivity contribution in [2.75, 3.05) is 20.1 Å². The Hall–Kier alpha value is -2.61. The fourth-order valence-corrected chi connectivity index (χ4v) is 5.06. The quantitative estimate of drug-likeness (QED) is 0.566. The molecule has 0 radical (unpaired) electrons. The van der Waals surface area contributed by atoms with Gasteiger partial charge in [0.15, 0.2) is 0 Å². The third-order valence-electron chi connectivity index (χ3n) is 6.58. The number of aliphatic hydroxyl groups is 2. The summed E-state index contributed by atoms with van der Waals surface area (Å²) in [6, 6.07) is 10.2. The molecule has 1 aromatic carbocycles. The molecule has 0 saturated carbocycles. The number of aromatic nitrogens is 3. The van der Waals surface area contributed by atoms with Crippen LogP contribution >= 0.6 is 0 Å². The molecule has 4 rings (SSSR count). The van der Waals surface area contributed by atoms with E-state index in [-0.39, 0.29) is 11.3 Å². The second-order valence-electron chi connectivity index (χ2n) is 11.8. The summed E-state index contributed by atoms with van der Waals surface area (Å²) in [5.41, 5.74) is 0.669. The van der Waals surface area contributed by atoms with Gasteiger partial charge in [0.05, 0.1) is 0 Å². The number of nitrogens with zero attached hydrogens (tertiary/aromatic N) is 4. The number of pyridine rings is 1. The first-order valence-electron chi connectivity index (χ1n) is 11.7. The van der Waals surface area contributed by atoms with Crippen LogP contribution in [-0.4, -0.2) is 50.4 Å². The molecule has 1 aliphatic rings. The molecule has 34 heavy (non-hydrogen) atoms. The van der Waals surface area contributed by atoms with Gasteiger partial charge in [-0.2, -0.15) is 4.98 Å². The van der Waals surface area contributed by atoms with Crippen molar-refractivity contribution in [3.63, 3.8) is 0 Å². The third kappa shape index (κ3) is 4.52. The van der Waals surface area contributed by atoms with Gasteiger partial charge in [0.2, 0.25) is 5.82 Å². The van der Waals surface area contributed by atoms with Crippen LogP contribution in [0, 0.1) is 10.8 Å². The van der Waals surface area contributed by atoms with Crippen LogP contribution < -0.4 is 0 Å². The van der Waals surface area contributed by atoms with E-state index >= 15 is 0 Å². The smallest absolute Gasteiger partial charge is 0.258 e. The number of likely N-dealkylation sites (tertiary alicyclic amines) is 1. The third-order valence-corrected chi connectivity index (χ3v) is 6.58. The molecule has 0 bridgehead atoms. The normalized spacial score (nSPS) is 18.4. The molecule has 2 N–H and O–H groups in total. The molecule has 3 aromatic rings. The average molecular weight is 465 g/mol. The van der Waals surface area contributed by atoms with E-state index in [0.717, 1.165) is 25.1 Å². The minimum atomic E-state index is -1.26. The SMILES string of the molecule is CN1CC(C)(C(O)(c2ccc(CC(C)(C)C)cc2)c2cncc(-c3noc(C(C)(C)O)n3)c2)C1. The van der Waals surface area contributed by atoms with Gasteiger partial charge in [-0.05, 0) is 49.9 Å². The maximum atomic E-state index is 12.4. The highest BCUT2D eigenvalue weighted by atomic mass is 16.5. The fraction of sp³-hybridized carbons (Fsp3) is 0.519. The van der Waals surface area contributed by atoms with Crippen LogP contribution in [0.4, 0.5) is 0 Å². The van der Waals surface area contributed by atoms with Crippen molar-refractivity contribution in [1.29, 1.82) is 0 Å². The van der Waals surface area contributed by atoms with Crippen molar-refractivity contribution in [3.05, 3.63) is 65.3 Å². The Kier molecular flexibility index (Phi) is 5.95. The highest BCUT2D eigenvalue weighted by Crippen LogP contribution is 2.50. The van der Waals surface area contributed by atoms with Crippen molar-refractivity contribution in [1.82, 2.24) is 20.0 Å². The van der Waals surface area contributed by atoms with E-state index in [0.29, 0.717) is 17.0 Å². The Morgan fingerprint density at radius 1 is 1.00 bits per heavy atom. The molecule has 7 heteroatoms. The Bertz CT molecular complexity index is 1150. The molecule has 7 nitrogen and oxygen atoms in total. The van der Waals surface area contributed by atoms with E-state index in [2.05, 4.69) is 66.9 Å². The summed E-state index contributed by atoms with van der Waals surface area (Å²) in [6.45, 7) is 13.5. The zero-order valence-electron chi connectivity index (χ0n) is 21.3. The number of hydrogen-bond acceptors (Lipinski definition) is 7. The highest BCUT2D eigenvalue weighted by Gasteiger charge is 2.55. The summed E-state index contributed by atoms with van der Waals surface area (Å²) < 4.78 is 5.25. The van der Waals surface area contributed by atoms with Gasteiger partial charge in [-0.15, -0.1) is 0 Å². The largest absolute Gasteiger partial charge is 0.381 e. The zero-order chi connectivity index (χ0) is 24.9. The van der Waals surface area contributed by atoms with E-state index in [1.165, 1.54) is 5.56 Å². The van der Waals surface area contributed by atoms with Crippen LogP contribution in [0.5, 0.6) is 0 Å². The molecule has 3 heterocycles. The minimum absolute atomic E-state index is 0.130. The highest BCUT2D eigenvalue weighted by molar-refractivity contribution is 5.56. The minimum Gasteiger partial charge on any atom is -0.381 e. The second-order valence-corrected chi connectivity index (χ2v) is 11.8. The van der Waals surface area contributed by atoms with Gasteiger partial charge < -0.3 is 19.6 Å². The second kappa shape index (κ2) is 8.26. The van der Waals surface area contributed by atoms with Crippen LogP contribution in [0.15, 0.2) is 47.2 Å². The van der Waals surface area contributed by atoms with Crippen molar-refractivity contribution >= 4 is 0 Å². The lowest BCUT2D eigenvalue weighted by atomic mass is 9.62. The molecular formula is C27H36N4O3. The van der Waals surface area contributed by atoms with Gasteiger partial charge in [-0.25, -0.2) is 0 Å². The Labute approximate surface area is 201 Å². The molecule has 0 aliphatic carbocycles. The van der Waals surface area contributed by atoms with Gasteiger partial charge in [-0.1, -0.05) is 57.1 Å². The molecule has 1 aliphatic heterocycles. The lowest BCUT2D eigenvalue weighted by Gasteiger charge is -2.55. The standard InChI is InChI=1S/C27H36N4O3/c1-24(2,3)13-18-8-10-20(11-9-18)27(33,26(6)16-31(7)17-26)21-12-19(14-28-15-21)22-29-23(34-30-22)25(4,5)32/h8-12,14-15,32-33H,13,16-17H2,1-7H3. The van der Waals surface area contributed by atoms with Gasteiger partial charge in [0, 0.05) is 42.0 Å². The van der Waals surface area contributed by atoms with Crippen LogP contribution in [0.25, 0.3) is 11.4 Å². The maximum Gasteiger partial charge on any atom is 0.258 e. The summed E-state index contributed by atoms with van der Waals surface area (Å²) in [5, 5.41) is 26.6. The molecule has 1 unspecified atom stereocenters. The van der Waals surface area contributed by atoms with Crippen LogP contribution in [-0.2, 0) is 17.6 Å². The van der Waals surface area contributed by atoms with Crippen molar-refractivity contribution in [2.45, 2.75) is 59.2 Å². The van der Waals surface area contributed by atoms with E-state index in [1.807, 2.05) is 18.2 Å². The summed E-state index contributed by atoms with van der Waals surface area (Å²) in [4.78, 5) is 11.0. The van der Waals surface area contributed by atoms with E-state index in [9.17, 15) is 10.2 Å². The van der Waals surface area contributed by atoms with Gasteiger partial charge in [0.25, 0.3) is 5.89 Å². The molecule has 2 aromatic heterocycles. The number of benzene rings is 1. The van der Waals surface area contributed by atoms with Crippen LogP contribution in [0.2, 0.25) is 0 Å².